The maximum absolute atomic E-state index is 5.92. The van der Waals surface area contributed by atoms with Crippen LogP contribution in [0.1, 0.15) is 12.8 Å². The van der Waals surface area contributed by atoms with E-state index in [0.717, 1.165) is 35.5 Å². The summed E-state index contributed by atoms with van der Waals surface area (Å²) in [6.07, 6.45) is 2.57. The molecule has 1 aliphatic rings. The first-order valence-corrected chi connectivity index (χ1v) is 6.30. The average Bonchev–Trinajstić information content (AvgIpc) is 2.33. The Morgan fingerprint density at radius 2 is 2.31 bits per heavy atom. The number of piperidine rings is 1. The minimum Gasteiger partial charge on any atom is -0.497 e. The van der Waals surface area contributed by atoms with Crippen LogP contribution in [-0.2, 0) is 0 Å². The zero-order valence-electron chi connectivity index (χ0n) is 9.33. The van der Waals surface area contributed by atoms with Crippen LogP contribution in [-0.4, -0.2) is 26.3 Å². The van der Waals surface area contributed by atoms with Crippen molar-refractivity contribution in [3.05, 3.63) is 22.7 Å². The highest BCUT2D eigenvalue weighted by Crippen LogP contribution is 2.30. The molecule has 0 amide bonds. The fraction of sp³-hybridized carbons (Fsp3) is 0.500. The molecular formula is C12H16BrNO2. The first-order valence-electron chi connectivity index (χ1n) is 5.50. The Bertz CT molecular complexity index is 351. The van der Waals surface area contributed by atoms with Crippen LogP contribution in [0.5, 0.6) is 11.5 Å². The second-order valence-electron chi connectivity index (χ2n) is 3.88. The molecule has 0 aliphatic carbocycles. The summed E-state index contributed by atoms with van der Waals surface area (Å²) < 4.78 is 12.0. The first-order chi connectivity index (χ1) is 7.79. The Morgan fingerprint density at radius 3 is 2.94 bits per heavy atom. The van der Waals surface area contributed by atoms with Crippen molar-refractivity contribution in [1.82, 2.24) is 5.32 Å². The molecule has 1 aromatic rings. The molecule has 1 N–H and O–H groups in total. The number of ether oxygens (including phenoxy) is 2. The highest BCUT2D eigenvalue weighted by Gasteiger charge is 2.15. The van der Waals surface area contributed by atoms with Gasteiger partial charge in [0.1, 0.15) is 17.6 Å². The quantitative estimate of drug-likeness (QED) is 0.926. The van der Waals surface area contributed by atoms with Gasteiger partial charge in [0, 0.05) is 6.54 Å². The maximum Gasteiger partial charge on any atom is 0.134 e. The van der Waals surface area contributed by atoms with Crippen molar-refractivity contribution in [1.29, 1.82) is 0 Å². The number of rotatable bonds is 3. The van der Waals surface area contributed by atoms with E-state index >= 15 is 0 Å². The molecule has 0 bridgehead atoms. The Kier molecular flexibility index (Phi) is 4.07. The summed E-state index contributed by atoms with van der Waals surface area (Å²) in [6.45, 7) is 2.03. The lowest BCUT2D eigenvalue weighted by molar-refractivity contribution is 0.166. The Labute approximate surface area is 104 Å². The zero-order chi connectivity index (χ0) is 11.4. The second kappa shape index (κ2) is 5.55. The molecule has 16 heavy (non-hydrogen) atoms. The summed E-state index contributed by atoms with van der Waals surface area (Å²) in [7, 11) is 1.66. The van der Waals surface area contributed by atoms with Crippen LogP contribution in [0.4, 0.5) is 0 Å². The molecular weight excluding hydrogens is 270 g/mol. The van der Waals surface area contributed by atoms with Gasteiger partial charge < -0.3 is 14.8 Å². The lowest BCUT2D eigenvalue weighted by atomic mass is 10.1. The monoisotopic (exact) mass is 285 g/mol. The highest BCUT2D eigenvalue weighted by atomic mass is 79.9. The molecule has 0 spiro atoms. The average molecular weight is 286 g/mol. The predicted molar refractivity (Wildman–Crippen MR) is 67.2 cm³/mol. The van der Waals surface area contributed by atoms with Crippen LogP contribution in [0, 0.1) is 0 Å². The molecule has 0 unspecified atom stereocenters. The summed E-state index contributed by atoms with van der Waals surface area (Å²) in [5, 5.41) is 3.33. The van der Waals surface area contributed by atoms with Gasteiger partial charge in [-0.3, -0.25) is 0 Å². The van der Waals surface area contributed by atoms with E-state index in [1.165, 1.54) is 6.42 Å². The molecule has 1 fully saturated rings. The van der Waals surface area contributed by atoms with E-state index in [9.17, 15) is 0 Å². The van der Waals surface area contributed by atoms with Crippen LogP contribution in [0.25, 0.3) is 0 Å². The molecule has 4 heteroatoms. The topological polar surface area (TPSA) is 30.5 Å². The molecule has 1 saturated heterocycles. The zero-order valence-corrected chi connectivity index (χ0v) is 10.9. The van der Waals surface area contributed by atoms with E-state index in [2.05, 4.69) is 21.2 Å². The third-order valence-electron chi connectivity index (χ3n) is 2.68. The molecule has 3 nitrogen and oxygen atoms in total. The minimum absolute atomic E-state index is 0.276. The number of benzene rings is 1. The van der Waals surface area contributed by atoms with Gasteiger partial charge >= 0.3 is 0 Å². The number of hydrogen-bond acceptors (Lipinski definition) is 3. The van der Waals surface area contributed by atoms with Crippen molar-refractivity contribution in [2.45, 2.75) is 18.9 Å². The third-order valence-corrected chi connectivity index (χ3v) is 3.30. The van der Waals surface area contributed by atoms with Crippen molar-refractivity contribution >= 4 is 15.9 Å². The standard InChI is InChI=1S/C12H16BrNO2/c1-15-9-4-5-12(11(13)7-9)16-10-3-2-6-14-8-10/h4-5,7,10,14H,2-3,6,8H2,1H3/t10-/m0/s1. The summed E-state index contributed by atoms with van der Waals surface area (Å²) in [6, 6.07) is 5.78. The second-order valence-corrected chi connectivity index (χ2v) is 4.74. The van der Waals surface area contributed by atoms with Crippen molar-refractivity contribution in [3.63, 3.8) is 0 Å². The van der Waals surface area contributed by atoms with Gasteiger partial charge in [-0.15, -0.1) is 0 Å². The van der Waals surface area contributed by atoms with Crippen molar-refractivity contribution < 1.29 is 9.47 Å². The number of halogens is 1. The van der Waals surface area contributed by atoms with Gasteiger partial charge in [0.15, 0.2) is 0 Å². The van der Waals surface area contributed by atoms with Crippen LogP contribution >= 0.6 is 15.9 Å². The largest absolute Gasteiger partial charge is 0.497 e. The van der Waals surface area contributed by atoms with Gasteiger partial charge in [0.25, 0.3) is 0 Å². The van der Waals surface area contributed by atoms with Crippen LogP contribution < -0.4 is 14.8 Å². The smallest absolute Gasteiger partial charge is 0.134 e. The van der Waals surface area contributed by atoms with E-state index in [0.29, 0.717) is 0 Å². The minimum atomic E-state index is 0.276. The molecule has 1 heterocycles. The van der Waals surface area contributed by atoms with Gasteiger partial charge in [-0.25, -0.2) is 0 Å². The lowest BCUT2D eigenvalue weighted by Gasteiger charge is -2.24. The highest BCUT2D eigenvalue weighted by molar-refractivity contribution is 9.10. The first kappa shape index (κ1) is 11.7. The van der Waals surface area contributed by atoms with Crippen molar-refractivity contribution in [3.8, 4) is 11.5 Å². The van der Waals surface area contributed by atoms with Crippen molar-refractivity contribution in [2.75, 3.05) is 20.2 Å². The van der Waals surface area contributed by atoms with E-state index in [1.807, 2.05) is 18.2 Å². The number of hydrogen-bond donors (Lipinski definition) is 1. The van der Waals surface area contributed by atoms with Gasteiger partial charge in [-0.1, -0.05) is 0 Å². The fourth-order valence-electron chi connectivity index (χ4n) is 1.80. The van der Waals surface area contributed by atoms with E-state index in [4.69, 9.17) is 9.47 Å². The summed E-state index contributed by atoms with van der Waals surface area (Å²) in [5.41, 5.74) is 0. The van der Waals surface area contributed by atoms with Crippen LogP contribution in [0.15, 0.2) is 22.7 Å². The Morgan fingerprint density at radius 1 is 1.44 bits per heavy atom. The Balaban J connectivity index is 2.03. The van der Waals surface area contributed by atoms with E-state index in [-0.39, 0.29) is 6.10 Å². The molecule has 1 aliphatic heterocycles. The van der Waals surface area contributed by atoms with Gasteiger partial charge in [0.2, 0.25) is 0 Å². The molecule has 88 valence electrons. The van der Waals surface area contributed by atoms with Gasteiger partial charge in [0.05, 0.1) is 11.6 Å². The molecule has 0 radical (unpaired) electrons. The van der Waals surface area contributed by atoms with Gasteiger partial charge in [-0.2, -0.15) is 0 Å². The molecule has 2 rings (SSSR count). The molecule has 1 atom stereocenters. The van der Waals surface area contributed by atoms with Crippen molar-refractivity contribution in [2.24, 2.45) is 0 Å². The molecule has 1 aromatic carbocycles. The molecule has 0 aromatic heterocycles. The fourth-order valence-corrected chi connectivity index (χ4v) is 2.26. The third kappa shape index (κ3) is 2.89. The van der Waals surface area contributed by atoms with E-state index < -0.39 is 0 Å². The normalized spacial score (nSPS) is 20.5. The molecule has 0 saturated carbocycles. The van der Waals surface area contributed by atoms with Crippen LogP contribution in [0.2, 0.25) is 0 Å². The SMILES string of the molecule is COc1ccc(O[C@H]2CCCNC2)c(Br)c1. The lowest BCUT2D eigenvalue weighted by Crippen LogP contribution is -2.37. The summed E-state index contributed by atoms with van der Waals surface area (Å²) in [5.74, 6) is 1.72. The predicted octanol–water partition coefficient (Wildman–Crippen LogP) is 2.59. The summed E-state index contributed by atoms with van der Waals surface area (Å²) >= 11 is 3.49. The maximum atomic E-state index is 5.92. The van der Waals surface area contributed by atoms with E-state index in [1.54, 1.807) is 7.11 Å². The number of methoxy groups -OCH3 is 1. The Hall–Kier alpha value is -0.740. The van der Waals surface area contributed by atoms with Gasteiger partial charge in [-0.05, 0) is 53.5 Å². The summed E-state index contributed by atoms with van der Waals surface area (Å²) in [4.78, 5) is 0. The van der Waals surface area contributed by atoms with Crippen LogP contribution in [0.3, 0.4) is 0 Å². The number of nitrogens with one attached hydrogen (secondary N) is 1.